The van der Waals surface area contributed by atoms with E-state index in [1.807, 2.05) is 0 Å². The molecule has 0 aromatic heterocycles. The van der Waals surface area contributed by atoms with Crippen LogP contribution in [0.1, 0.15) is 29.6 Å². The largest absolute Gasteiger partial charge is 0.378 e. The Morgan fingerprint density at radius 1 is 1.27 bits per heavy atom. The Bertz CT molecular complexity index is 617. The standard InChI is InChI=1S/C18H24FN3O3.ClH/c19-16-4-2-1-3-15(16)18(24)22-8-5-13(6-9-22)21-17(23)11-14-12-25-10-7-20-14;/h1-4,13-14,20H,5-12H2,(H,21,23);1H. The van der Waals surface area contributed by atoms with Crippen molar-refractivity contribution < 1.29 is 18.7 Å². The second-order valence-corrected chi connectivity index (χ2v) is 6.54. The minimum Gasteiger partial charge on any atom is -0.378 e. The number of carbonyl (C=O) groups is 2. The number of rotatable bonds is 4. The molecular weight excluding hydrogens is 361 g/mol. The van der Waals surface area contributed by atoms with Gasteiger partial charge in [-0.2, -0.15) is 0 Å². The summed E-state index contributed by atoms with van der Waals surface area (Å²) >= 11 is 0. The lowest BCUT2D eigenvalue weighted by atomic mass is 10.0. The van der Waals surface area contributed by atoms with Crippen molar-refractivity contribution in [2.24, 2.45) is 0 Å². The molecule has 2 aliphatic rings. The number of hydrogen-bond acceptors (Lipinski definition) is 4. The maximum absolute atomic E-state index is 13.7. The molecule has 2 fully saturated rings. The number of amides is 2. The maximum Gasteiger partial charge on any atom is 0.256 e. The van der Waals surface area contributed by atoms with E-state index in [0.29, 0.717) is 45.6 Å². The molecule has 144 valence electrons. The highest BCUT2D eigenvalue weighted by molar-refractivity contribution is 5.94. The fraction of sp³-hybridized carbons (Fsp3) is 0.556. The van der Waals surface area contributed by atoms with E-state index < -0.39 is 5.82 Å². The molecule has 1 unspecified atom stereocenters. The number of nitrogens with one attached hydrogen (secondary N) is 2. The van der Waals surface area contributed by atoms with Gasteiger partial charge in [0.2, 0.25) is 5.91 Å². The highest BCUT2D eigenvalue weighted by Gasteiger charge is 2.26. The smallest absolute Gasteiger partial charge is 0.256 e. The molecule has 1 aromatic carbocycles. The van der Waals surface area contributed by atoms with E-state index >= 15 is 0 Å². The van der Waals surface area contributed by atoms with Gasteiger partial charge in [-0.25, -0.2) is 4.39 Å². The lowest BCUT2D eigenvalue weighted by Crippen LogP contribution is -2.49. The molecule has 0 spiro atoms. The van der Waals surface area contributed by atoms with Gasteiger partial charge in [0.15, 0.2) is 0 Å². The van der Waals surface area contributed by atoms with Crippen molar-refractivity contribution >= 4 is 24.2 Å². The number of ether oxygens (including phenoxy) is 1. The summed E-state index contributed by atoms with van der Waals surface area (Å²) < 4.78 is 19.1. The summed E-state index contributed by atoms with van der Waals surface area (Å²) in [5.41, 5.74) is 0.105. The molecule has 0 saturated carbocycles. The molecule has 8 heteroatoms. The SMILES string of the molecule is Cl.O=C(CC1COCCN1)NC1CCN(C(=O)c2ccccc2F)CC1. The fourth-order valence-corrected chi connectivity index (χ4v) is 3.29. The quantitative estimate of drug-likeness (QED) is 0.820. The molecule has 2 amide bonds. The number of carbonyl (C=O) groups excluding carboxylic acids is 2. The molecule has 2 saturated heterocycles. The van der Waals surface area contributed by atoms with Gasteiger partial charge in [0.1, 0.15) is 5.82 Å². The van der Waals surface area contributed by atoms with Gasteiger partial charge in [0.05, 0.1) is 18.8 Å². The third-order valence-electron chi connectivity index (χ3n) is 4.68. The Labute approximate surface area is 158 Å². The summed E-state index contributed by atoms with van der Waals surface area (Å²) in [6.07, 6.45) is 1.76. The third-order valence-corrected chi connectivity index (χ3v) is 4.68. The zero-order valence-corrected chi connectivity index (χ0v) is 15.4. The van der Waals surface area contributed by atoms with Gasteiger partial charge in [-0.1, -0.05) is 12.1 Å². The highest BCUT2D eigenvalue weighted by Crippen LogP contribution is 2.16. The van der Waals surface area contributed by atoms with Crippen LogP contribution in [0.4, 0.5) is 4.39 Å². The number of piperidine rings is 1. The number of benzene rings is 1. The van der Waals surface area contributed by atoms with Crippen LogP contribution in [-0.4, -0.2) is 61.6 Å². The monoisotopic (exact) mass is 385 g/mol. The molecular formula is C18H25ClFN3O3. The van der Waals surface area contributed by atoms with Crippen LogP contribution in [0, 0.1) is 5.82 Å². The average molecular weight is 386 g/mol. The summed E-state index contributed by atoms with van der Waals surface area (Å²) in [5.74, 6) is -0.779. The second-order valence-electron chi connectivity index (χ2n) is 6.54. The van der Waals surface area contributed by atoms with E-state index in [1.54, 1.807) is 17.0 Å². The van der Waals surface area contributed by atoms with Gasteiger partial charge in [-0.05, 0) is 25.0 Å². The topological polar surface area (TPSA) is 70.7 Å². The Kier molecular flexibility index (Phi) is 7.81. The van der Waals surface area contributed by atoms with E-state index in [-0.39, 0.29) is 41.9 Å². The molecule has 2 heterocycles. The van der Waals surface area contributed by atoms with Gasteiger partial charge in [0.25, 0.3) is 5.91 Å². The third kappa shape index (κ3) is 5.40. The van der Waals surface area contributed by atoms with Gasteiger partial charge < -0.3 is 20.3 Å². The molecule has 0 aliphatic carbocycles. The summed E-state index contributed by atoms with van der Waals surface area (Å²) in [6.45, 7) is 3.05. The van der Waals surface area contributed by atoms with Crippen molar-refractivity contribution in [3.63, 3.8) is 0 Å². The van der Waals surface area contributed by atoms with Gasteiger partial charge in [0, 0.05) is 38.1 Å². The minimum atomic E-state index is -0.495. The Hall–Kier alpha value is -1.70. The Balaban J connectivity index is 0.00000243. The molecule has 2 N–H and O–H groups in total. The molecule has 1 aromatic rings. The molecule has 6 nitrogen and oxygen atoms in total. The lowest BCUT2D eigenvalue weighted by molar-refractivity contribution is -0.123. The number of nitrogens with zero attached hydrogens (tertiary/aromatic N) is 1. The molecule has 3 rings (SSSR count). The first-order valence-electron chi connectivity index (χ1n) is 8.78. The predicted molar refractivity (Wildman–Crippen MR) is 97.9 cm³/mol. The zero-order valence-electron chi connectivity index (χ0n) is 14.6. The van der Waals surface area contributed by atoms with Crippen molar-refractivity contribution in [1.82, 2.24) is 15.5 Å². The number of hydrogen-bond donors (Lipinski definition) is 2. The van der Waals surface area contributed by atoms with Gasteiger partial charge in [-0.3, -0.25) is 9.59 Å². The summed E-state index contributed by atoms with van der Waals surface area (Å²) in [7, 11) is 0. The van der Waals surface area contributed by atoms with Gasteiger partial charge >= 0.3 is 0 Å². The summed E-state index contributed by atoms with van der Waals surface area (Å²) in [4.78, 5) is 26.2. The Morgan fingerprint density at radius 3 is 2.65 bits per heavy atom. The van der Waals surface area contributed by atoms with E-state index in [4.69, 9.17) is 4.74 Å². The number of morpholine rings is 1. The summed E-state index contributed by atoms with van der Waals surface area (Å²) in [6, 6.07) is 6.15. The van der Waals surface area contributed by atoms with Crippen molar-refractivity contribution in [2.75, 3.05) is 32.8 Å². The molecule has 0 radical (unpaired) electrons. The van der Waals surface area contributed by atoms with Gasteiger partial charge in [-0.15, -0.1) is 12.4 Å². The minimum absolute atomic E-state index is 0. The maximum atomic E-state index is 13.7. The van der Waals surface area contributed by atoms with E-state index in [0.717, 1.165) is 6.54 Å². The Morgan fingerprint density at radius 2 is 2.00 bits per heavy atom. The molecule has 26 heavy (non-hydrogen) atoms. The van der Waals surface area contributed by atoms with Crippen molar-refractivity contribution in [3.8, 4) is 0 Å². The zero-order chi connectivity index (χ0) is 17.6. The van der Waals surface area contributed by atoms with E-state index in [2.05, 4.69) is 10.6 Å². The molecule has 0 bridgehead atoms. The van der Waals surface area contributed by atoms with Crippen LogP contribution in [0.5, 0.6) is 0 Å². The molecule has 1 atom stereocenters. The van der Waals surface area contributed by atoms with Crippen molar-refractivity contribution in [1.29, 1.82) is 0 Å². The predicted octanol–water partition coefficient (Wildman–Crippen LogP) is 1.35. The van der Waals surface area contributed by atoms with Crippen LogP contribution in [-0.2, 0) is 9.53 Å². The first-order chi connectivity index (χ1) is 12.1. The van der Waals surface area contributed by atoms with Crippen molar-refractivity contribution in [2.45, 2.75) is 31.3 Å². The van der Waals surface area contributed by atoms with Crippen LogP contribution in [0.2, 0.25) is 0 Å². The first-order valence-corrected chi connectivity index (χ1v) is 8.78. The van der Waals surface area contributed by atoms with Crippen LogP contribution in [0.3, 0.4) is 0 Å². The number of halogens is 2. The van der Waals surface area contributed by atoms with E-state index in [9.17, 15) is 14.0 Å². The van der Waals surface area contributed by atoms with Crippen LogP contribution in [0.25, 0.3) is 0 Å². The average Bonchev–Trinajstić information content (AvgIpc) is 2.63. The fourth-order valence-electron chi connectivity index (χ4n) is 3.29. The van der Waals surface area contributed by atoms with Crippen LogP contribution >= 0.6 is 12.4 Å². The van der Waals surface area contributed by atoms with Crippen molar-refractivity contribution in [3.05, 3.63) is 35.6 Å². The van der Waals surface area contributed by atoms with Crippen LogP contribution in [0.15, 0.2) is 24.3 Å². The second kappa shape index (κ2) is 9.85. The first kappa shape index (κ1) is 20.6. The van der Waals surface area contributed by atoms with E-state index in [1.165, 1.54) is 12.1 Å². The lowest BCUT2D eigenvalue weighted by Gasteiger charge is -2.33. The van der Waals surface area contributed by atoms with Crippen LogP contribution < -0.4 is 10.6 Å². The highest BCUT2D eigenvalue weighted by atomic mass is 35.5. The summed E-state index contributed by atoms with van der Waals surface area (Å²) in [5, 5.41) is 6.29. The normalized spacial score (nSPS) is 21.0. The number of likely N-dealkylation sites (tertiary alicyclic amines) is 1. The molecule has 2 aliphatic heterocycles.